The number of nitrogens with zero attached hydrogens (tertiary/aromatic N) is 2. The average Bonchev–Trinajstić information content (AvgIpc) is 3.17. The van der Waals surface area contributed by atoms with Crippen molar-refractivity contribution < 1.29 is 4.79 Å². The Labute approximate surface area is 153 Å². The van der Waals surface area contributed by atoms with E-state index in [1.165, 1.54) is 5.56 Å². The Morgan fingerprint density at radius 2 is 2.16 bits per heavy atom. The fraction of sp³-hybridized carbons (Fsp3) is 0.474. The summed E-state index contributed by atoms with van der Waals surface area (Å²) in [4.78, 5) is 19.2. The maximum absolute atomic E-state index is 12.2. The summed E-state index contributed by atoms with van der Waals surface area (Å²) in [6.45, 7) is 7.92. The zero-order valence-electron chi connectivity index (χ0n) is 14.9. The average molecular weight is 359 g/mol. The summed E-state index contributed by atoms with van der Waals surface area (Å²) in [7, 11) is 0. The van der Waals surface area contributed by atoms with Crippen LogP contribution in [0.25, 0.3) is 0 Å². The van der Waals surface area contributed by atoms with Crippen molar-refractivity contribution in [1.82, 2.24) is 9.88 Å². The van der Waals surface area contributed by atoms with Crippen LogP contribution in [0.4, 0.5) is 5.69 Å². The minimum Gasteiger partial charge on any atom is -0.330 e. The number of carbonyl (C=O) groups excluding carboxylic acids is 1. The van der Waals surface area contributed by atoms with Crippen molar-refractivity contribution in [3.8, 4) is 0 Å². The number of amides is 1. The van der Waals surface area contributed by atoms with Crippen LogP contribution < -0.4 is 11.1 Å². The second kappa shape index (κ2) is 7.64. The third kappa shape index (κ3) is 4.87. The van der Waals surface area contributed by atoms with Crippen molar-refractivity contribution in [2.75, 3.05) is 25.0 Å². The number of nitrogens with one attached hydrogen (secondary N) is 1. The predicted octanol–water partition coefficient (Wildman–Crippen LogP) is 2.80. The maximum atomic E-state index is 12.2. The molecule has 1 amide bonds. The van der Waals surface area contributed by atoms with Crippen LogP contribution in [0, 0.1) is 12.3 Å². The van der Waals surface area contributed by atoms with Crippen molar-refractivity contribution in [2.24, 2.45) is 11.1 Å². The lowest BCUT2D eigenvalue weighted by Crippen LogP contribution is -2.31. The van der Waals surface area contributed by atoms with Crippen molar-refractivity contribution in [2.45, 2.75) is 33.2 Å². The smallest absolute Gasteiger partial charge is 0.231 e. The zero-order valence-corrected chi connectivity index (χ0v) is 15.7. The van der Waals surface area contributed by atoms with Crippen LogP contribution in [-0.4, -0.2) is 35.4 Å². The highest BCUT2D eigenvalue weighted by Gasteiger charge is 2.32. The van der Waals surface area contributed by atoms with Crippen molar-refractivity contribution in [3.63, 3.8) is 0 Å². The number of anilines is 1. The number of likely N-dealkylation sites (tertiary alicyclic amines) is 1. The second-order valence-electron chi connectivity index (χ2n) is 7.30. The van der Waals surface area contributed by atoms with E-state index >= 15 is 0 Å². The number of hydrogen-bond acceptors (Lipinski definition) is 5. The molecule has 3 rings (SSSR count). The van der Waals surface area contributed by atoms with Crippen LogP contribution >= 0.6 is 11.3 Å². The summed E-state index contributed by atoms with van der Waals surface area (Å²) in [5, 5.41) is 5.85. The fourth-order valence-electron chi connectivity index (χ4n) is 3.14. The fourth-order valence-corrected chi connectivity index (χ4v) is 3.92. The molecule has 1 atom stereocenters. The van der Waals surface area contributed by atoms with E-state index in [1.54, 1.807) is 11.3 Å². The van der Waals surface area contributed by atoms with E-state index in [2.05, 4.69) is 27.5 Å². The highest BCUT2D eigenvalue weighted by Crippen LogP contribution is 2.29. The van der Waals surface area contributed by atoms with Crippen molar-refractivity contribution in [3.05, 3.63) is 45.9 Å². The highest BCUT2D eigenvalue weighted by atomic mass is 32.1. The van der Waals surface area contributed by atoms with Gasteiger partial charge in [-0.25, -0.2) is 4.98 Å². The lowest BCUT2D eigenvalue weighted by atomic mass is 9.90. The lowest BCUT2D eigenvalue weighted by Gasteiger charge is -2.22. The van der Waals surface area contributed by atoms with Crippen LogP contribution in [0.15, 0.2) is 29.6 Å². The number of aromatic nitrogens is 1. The minimum atomic E-state index is -0.0263. The van der Waals surface area contributed by atoms with Gasteiger partial charge in [-0.1, -0.05) is 24.6 Å². The molecule has 1 aliphatic heterocycles. The van der Waals surface area contributed by atoms with Crippen LogP contribution in [0.5, 0.6) is 0 Å². The summed E-state index contributed by atoms with van der Waals surface area (Å²) in [6, 6.07) is 7.81. The van der Waals surface area contributed by atoms with Gasteiger partial charge in [-0.3, -0.25) is 9.69 Å². The van der Waals surface area contributed by atoms with Gasteiger partial charge in [0.15, 0.2) is 0 Å². The minimum absolute atomic E-state index is 0.0263. The Hall–Kier alpha value is -1.76. The first-order chi connectivity index (χ1) is 12.0. The van der Waals surface area contributed by atoms with E-state index in [4.69, 9.17) is 5.73 Å². The van der Waals surface area contributed by atoms with Gasteiger partial charge < -0.3 is 11.1 Å². The van der Waals surface area contributed by atoms with E-state index < -0.39 is 0 Å². The van der Waals surface area contributed by atoms with Crippen molar-refractivity contribution in [1.29, 1.82) is 0 Å². The largest absolute Gasteiger partial charge is 0.330 e. The first kappa shape index (κ1) is 18.0. The summed E-state index contributed by atoms with van der Waals surface area (Å²) in [5.41, 5.74) is 9.14. The third-order valence-electron chi connectivity index (χ3n) is 4.76. The Bertz CT molecular complexity index is 727. The van der Waals surface area contributed by atoms with Crippen LogP contribution in [0.3, 0.4) is 0 Å². The number of hydrogen-bond donors (Lipinski definition) is 2. The van der Waals surface area contributed by atoms with Gasteiger partial charge in [-0.05, 0) is 44.0 Å². The SMILES string of the molecule is Cc1ccc(NC(=O)Cc2nc(CN3CCC(C)(CN)C3)cs2)cc1. The Morgan fingerprint density at radius 3 is 2.84 bits per heavy atom. The highest BCUT2D eigenvalue weighted by molar-refractivity contribution is 7.09. The van der Waals surface area contributed by atoms with Gasteiger partial charge in [-0.15, -0.1) is 11.3 Å². The van der Waals surface area contributed by atoms with E-state index in [1.807, 2.05) is 31.2 Å². The molecule has 0 radical (unpaired) electrons. The van der Waals surface area contributed by atoms with E-state index in [0.29, 0.717) is 6.42 Å². The molecule has 1 aromatic heterocycles. The van der Waals surface area contributed by atoms with E-state index in [9.17, 15) is 4.79 Å². The monoisotopic (exact) mass is 358 g/mol. The van der Waals surface area contributed by atoms with Gasteiger partial charge in [-0.2, -0.15) is 0 Å². The molecule has 3 N–H and O–H groups in total. The van der Waals surface area contributed by atoms with Gasteiger partial charge >= 0.3 is 0 Å². The zero-order chi connectivity index (χ0) is 17.9. The molecule has 134 valence electrons. The summed E-state index contributed by atoms with van der Waals surface area (Å²) < 4.78 is 0. The van der Waals surface area contributed by atoms with Gasteiger partial charge in [0.1, 0.15) is 5.01 Å². The van der Waals surface area contributed by atoms with Gasteiger partial charge in [0, 0.05) is 24.2 Å². The molecular formula is C19H26N4OS. The molecule has 2 aromatic rings. The first-order valence-corrected chi connectivity index (χ1v) is 9.56. The van der Waals surface area contributed by atoms with Crippen molar-refractivity contribution >= 4 is 22.9 Å². The third-order valence-corrected chi connectivity index (χ3v) is 5.66. The summed E-state index contributed by atoms with van der Waals surface area (Å²) >= 11 is 1.56. The van der Waals surface area contributed by atoms with E-state index in [-0.39, 0.29) is 11.3 Å². The second-order valence-corrected chi connectivity index (χ2v) is 8.24. The number of thiazole rings is 1. The predicted molar refractivity (Wildman–Crippen MR) is 103 cm³/mol. The molecule has 6 heteroatoms. The molecule has 1 unspecified atom stereocenters. The number of rotatable bonds is 6. The molecule has 5 nitrogen and oxygen atoms in total. The molecule has 1 aliphatic rings. The summed E-state index contributed by atoms with van der Waals surface area (Å²) in [5.74, 6) is -0.0263. The molecule has 1 fully saturated rings. The number of benzene rings is 1. The Balaban J connectivity index is 1.51. The number of nitrogens with two attached hydrogens (primary N) is 1. The molecule has 0 spiro atoms. The van der Waals surface area contributed by atoms with Crippen LogP contribution in [0.1, 0.15) is 29.6 Å². The van der Waals surface area contributed by atoms with E-state index in [0.717, 1.165) is 49.0 Å². The standard InChI is InChI=1S/C19H26N4OS/c1-14-3-5-15(6-4-14)21-17(24)9-18-22-16(11-25-18)10-23-8-7-19(2,12-20)13-23/h3-6,11H,7-10,12-13,20H2,1-2H3,(H,21,24). The summed E-state index contributed by atoms with van der Waals surface area (Å²) in [6.07, 6.45) is 1.46. The number of carbonyl (C=O) groups is 1. The molecule has 25 heavy (non-hydrogen) atoms. The Kier molecular flexibility index (Phi) is 5.51. The first-order valence-electron chi connectivity index (χ1n) is 8.68. The molecular weight excluding hydrogens is 332 g/mol. The maximum Gasteiger partial charge on any atom is 0.231 e. The molecule has 0 aliphatic carbocycles. The van der Waals surface area contributed by atoms with Gasteiger partial charge in [0.2, 0.25) is 5.91 Å². The molecule has 0 bridgehead atoms. The quantitative estimate of drug-likeness (QED) is 0.833. The van der Waals surface area contributed by atoms with Gasteiger partial charge in [0.05, 0.1) is 12.1 Å². The lowest BCUT2D eigenvalue weighted by molar-refractivity contribution is -0.115. The van der Waals surface area contributed by atoms with Crippen LogP contribution in [0.2, 0.25) is 0 Å². The van der Waals surface area contributed by atoms with Gasteiger partial charge in [0.25, 0.3) is 0 Å². The molecule has 2 heterocycles. The molecule has 1 aromatic carbocycles. The number of aryl methyl sites for hydroxylation is 1. The topological polar surface area (TPSA) is 71.2 Å². The molecule has 0 saturated carbocycles. The normalized spacial score (nSPS) is 20.8. The molecule has 1 saturated heterocycles. The Morgan fingerprint density at radius 1 is 1.40 bits per heavy atom. The van der Waals surface area contributed by atoms with Crippen LogP contribution in [-0.2, 0) is 17.8 Å².